The third kappa shape index (κ3) is 2.42. The Morgan fingerprint density at radius 2 is 2.00 bits per heavy atom. The first-order valence-electron chi connectivity index (χ1n) is 8.42. The van der Waals surface area contributed by atoms with Crippen LogP contribution in [0.15, 0.2) is 12.1 Å². The highest BCUT2D eigenvalue weighted by Gasteiger charge is 2.69. The zero-order valence-corrected chi connectivity index (χ0v) is 15.4. The molecule has 0 radical (unpaired) electrons. The van der Waals surface area contributed by atoms with Crippen molar-refractivity contribution in [2.45, 2.75) is 51.4 Å². The minimum absolute atomic E-state index is 0.0371. The SMILES string of the molecule is COCc1cc2c(c(OC)c1)O[C@]1(C)C[C@](O)(C(=O)O)C(C)(C)[C@H]1C2. The van der Waals surface area contributed by atoms with Gasteiger partial charge < -0.3 is 24.4 Å². The van der Waals surface area contributed by atoms with E-state index in [1.54, 1.807) is 14.2 Å². The molecule has 138 valence electrons. The molecule has 1 aliphatic heterocycles. The van der Waals surface area contributed by atoms with Gasteiger partial charge in [-0.2, -0.15) is 0 Å². The van der Waals surface area contributed by atoms with E-state index in [9.17, 15) is 15.0 Å². The standard InChI is InChI=1S/C19H26O6/c1-17(2)14-8-12-6-11(9-23-4)7-13(24-5)15(12)25-18(14,3)10-19(17,22)16(20)21/h6-7,14,22H,8-10H2,1-5H3,(H,20,21)/t14-,18-,19+/m1/s1. The van der Waals surface area contributed by atoms with Crippen LogP contribution in [0.3, 0.4) is 0 Å². The van der Waals surface area contributed by atoms with E-state index in [0.29, 0.717) is 24.5 Å². The summed E-state index contributed by atoms with van der Waals surface area (Å²) in [5.41, 5.74) is -1.53. The monoisotopic (exact) mass is 350 g/mol. The Morgan fingerprint density at radius 3 is 2.56 bits per heavy atom. The van der Waals surface area contributed by atoms with Crippen molar-refractivity contribution in [3.05, 3.63) is 23.3 Å². The summed E-state index contributed by atoms with van der Waals surface area (Å²) in [7, 11) is 3.21. The number of fused-ring (bicyclic) bond motifs is 2. The van der Waals surface area contributed by atoms with Crippen LogP contribution in [0.4, 0.5) is 0 Å². The maximum atomic E-state index is 11.8. The number of benzene rings is 1. The molecule has 6 heteroatoms. The first-order valence-corrected chi connectivity index (χ1v) is 8.42. The third-order valence-corrected chi connectivity index (χ3v) is 6.12. The molecule has 1 saturated carbocycles. The Hall–Kier alpha value is -1.79. The van der Waals surface area contributed by atoms with Gasteiger partial charge in [0.2, 0.25) is 0 Å². The van der Waals surface area contributed by atoms with Gasteiger partial charge in [-0.25, -0.2) is 4.79 Å². The van der Waals surface area contributed by atoms with Crippen molar-refractivity contribution >= 4 is 5.97 Å². The molecule has 0 unspecified atom stereocenters. The predicted octanol–water partition coefficient (Wildman–Crippen LogP) is 2.40. The molecule has 6 nitrogen and oxygen atoms in total. The first-order chi connectivity index (χ1) is 11.6. The Bertz CT molecular complexity index is 712. The number of aliphatic carboxylic acids is 1. The van der Waals surface area contributed by atoms with E-state index in [1.807, 2.05) is 32.9 Å². The minimum atomic E-state index is -1.84. The molecule has 1 aliphatic carbocycles. The molecule has 0 amide bonds. The molecule has 0 spiro atoms. The molecule has 2 N–H and O–H groups in total. The van der Waals surface area contributed by atoms with Gasteiger partial charge in [0, 0.05) is 24.9 Å². The lowest BCUT2D eigenvalue weighted by atomic mass is 9.68. The van der Waals surface area contributed by atoms with Gasteiger partial charge in [-0.3, -0.25) is 0 Å². The van der Waals surface area contributed by atoms with Crippen LogP contribution in [0.25, 0.3) is 0 Å². The van der Waals surface area contributed by atoms with Crippen molar-refractivity contribution in [1.82, 2.24) is 0 Å². The number of methoxy groups -OCH3 is 2. The molecular weight excluding hydrogens is 324 g/mol. The highest BCUT2D eigenvalue weighted by atomic mass is 16.5. The maximum Gasteiger partial charge on any atom is 0.336 e. The molecule has 3 rings (SSSR count). The maximum absolute atomic E-state index is 11.8. The van der Waals surface area contributed by atoms with Crippen LogP contribution < -0.4 is 9.47 Å². The highest BCUT2D eigenvalue weighted by molar-refractivity contribution is 5.79. The lowest BCUT2D eigenvalue weighted by Gasteiger charge is -2.43. The molecule has 0 aromatic heterocycles. The molecular formula is C19H26O6. The zero-order chi connectivity index (χ0) is 18.6. The van der Waals surface area contributed by atoms with E-state index in [-0.39, 0.29) is 12.3 Å². The zero-order valence-electron chi connectivity index (χ0n) is 15.4. The molecule has 1 aromatic carbocycles. The molecule has 25 heavy (non-hydrogen) atoms. The lowest BCUT2D eigenvalue weighted by molar-refractivity contribution is -0.170. The fourth-order valence-electron chi connectivity index (χ4n) is 4.69. The van der Waals surface area contributed by atoms with Crippen molar-refractivity contribution in [3.63, 3.8) is 0 Å². The molecule has 0 saturated heterocycles. The van der Waals surface area contributed by atoms with Gasteiger partial charge in [0.1, 0.15) is 5.60 Å². The summed E-state index contributed by atoms with van der Waals surface area (Å²) in [5, 5.41) is 20.6. The summed E-state index contributed by atoms with van der Waals surface area (Å²) in [6, 6.07) is 3.88. The van der Waals surface area contributed by atoms with Crippen LogP contribution in [0, 0.1) is 11.3 Å². The second kappa shape index (κ2) is 5.61. The van der Waals surface area contributed by atoms with Gasteiger partial charge in [0.05, 0.1) is 13.7 Å². The summed E-state index contributed by atoms with van der Waals surface area (Å²) >= 11 is 0. The largest absolute Gasteiger partial charge is 0.493 e. The average Bonchev–Trinajstić information content (AvgIpc) is 2.69. The second-order valence-corrected chi connectivity index (χ2v) is 7.95. The Morgan fingerprint density at radius 1 is 1.32 bits per heavy atom. The number of carboxylic acids is 1. The van der Waals surface area contributed by atoms with E-state index in [1.165, 1.54) is 0 Å². The highest BCUT2D eigenvalue weighted by Crippen LogP contribution is 2.61. The van der Waals surface area contributed by atoms with Gasteiger partial charge in [0.25, 0.3) is 0 Å². The van der Waals surface area contributed by atoms with E-state index in [4.69, 9.17) is 14.2 Å². The Kier molecular flexibility index (Phi) is 4.04. The van der Waals surface area contributed by atoms with Gasteiger partial charge >= 0.3 is 5.97 Å². The number of carbonyl (C=O) groups is 1. The number of rotatable bonds is 4. The van der Waals surface area contributed by atoms with Crippen LogP contribution in [0.5, 0.6) is 11.5 Å². The molecule has 1 aromatic rings. The van der Waals surface area contributed by atoms with Gasteiger partial charge in [-0.15, -0.1) is 0 Å². The smallest absolute Gasteiger partial charge is 0.336 e. The second-order valence-electron chi connectivity index (χ2n) is 7.95. The third-order valence-electron chi connectivity index (χ3n) is 6.12. The average molecular weight is 350 g/mol. The van der Waals surface area contributed by atoms with E-state index >= 15 is 0 Å². The topological polar surface area (TPSA) is 85.2 Å². The fourth-order valence-corrected chi connectivity index (χ4v) is 4.69. The van der Waals surface area contributed by atoms with Gasteiger partial charge in [-0.05, 0) is 36.6 Å². The molecule has 1 fully saturated rings. The fraction of sp³-hybridized carbons (Fsp3) is 0.632. The molecule has 0 bridgehead atoms. The summed E-state index contributed by atoms with van der Waals surface area (Å²) in [6.07, 6.45) is 0.651. The summed E-state index contributed by atoms with van der Waals surface area (Å²) < 4.78 is 17.0. The molecule has 2 aliphatic rings. The van der Waals surface area contributed by atoms with Crippen LogP contribution in [0.2, 0.25) is 0 Å². The number of hydrogen-bond donors (Lipinski definition) is 2. The van der Waals surface area contributed by atoms with E-state index < -0.39 is 22.6 Å². The van der Waals surface area contributed by atoms with Gasteiger partial charge in [0.15, 0.2) is 17.1 Å². The Labute approximate surface area is 147 Å². The van der Waals surface area contributed by atoms with Gasteiger partial charge in [-0.1, -0.05) is 13.8 Å². The lowest BCUT2D eigenvalue weighted by Crippen LogP contribution is -2.50. The van der Waals surface area contributed by atoms with Crippen LogP contribution in [-0.2, 0) is 22.6 Å². The minimum Gasteiger partial charge on any atom is -0.493 e. The quantitative estimate of drug-likeness (QED) is 0.867. The Balaban J connectivity index is 2.10. The van der Waals surface area contributed by atoms with Crippen molar-refractivity contribution < 1.29 is 29.2 Å². The van der Waals surface area contributed by atoms with Crippen LogP contribution in [0.1, 0.15) is 38.3 Å². The van der Waals surface area contributed by atoms with Crippen molar-refractivity contribution in [2.24, 2.45) is 11.3 Å². The number of ether oxygens (including phenoxy) is 3. The summed E-state index contributed by atoms with van der Waals surface area (Å²) in [5.74, 6) is -0.108. The predicted molar refractivity (Wildman–Crippen MR) is 90.9 cm³/mol. The van der Waals surface area contributed by atoms with Crippen LogP contribution in [-0.4, -0.2) is 41.6 Å². The van der Waals surface area contributed by atoms with Crippen molar-refractivity contribution in [3.8, 4) is 11.5 Å². The van der Waals surface area contributed by atoms with Crippen molar-refractivity contribution in [1.29, 1.82) is 0 Å². The summed E-state index contributed by atoms with van der Waals surface area (Å²) in [6.45, 7) is 5.95. The molecule has 3 atom stereocenters. The summed E-state index contributed by atoms with van der Waals surface area (Å²) in [4.78, 5) is 11.8. The normalized spacial score (nSPS) is 32.5. The van der Waals surface area contributed by atoms with Crippen molar-refractivity contribution in [2.75, 3.05) is 14.2 Å². The number of carboxylic acid groups (broad SMARTS) is 1. The molecule has 1 heterocycles. The number of hydrogen-bond acceptors (Lipinski definition) is 5. The van der Waals surface area contributed by atoms with E-state index in [2.05, 4.69) is 0 Å². The van der Waals surface area contributed by atoms with E-state index in [0.717, 1.165) is 11.1 Å². The van der Waals surface area contributed by atoms with Crippen LogP contribution >= 0.6 is 0 Å². The first kappa shape index (κ1) is 18.0. The number of aliphatic hydroxyl groups is 1.